The molecule has 2 aromatic carbocycles. The molecule has 194 valence electrons. The average molecular weight is 507 g/mol. The molecule has 2 aromatic rings. The van der Waals surface area contributed by atoms with E-state index in [9.17, 15) is 14.5 Å². The summed E-state index contributed by atoms with van der Waals surface area (Å²) in [6.07, 6.45) is -1.05. The van der Waals surface area contributed by atoms with Crippen LogP contribution in [0.15, 0.2) is 30.3 Å². The number of benzene rings is 2. The van der Waals surface area contributed by atoms with Gasteiger partial charge in [-0.05, 0) is 99.9 Å². The standard InChI is InChI=1S/C27H39O7P/c1-9-31-27(29)21(8)34-35(30,33-18(4)5)16-32-23-12-19(6)25(20(7)13-23)15-22-10-11-26(28)24(14-22)17(2)3/h10-14,17-18,21,28H,9,15-16H2,1-8H3/t21-,35?/m0/s1. The van der Waals surface area contributed by atoms with E-state index in [1.54, 1.807) is 26.8 Å². The van der Waals surface area contributed by atoms with Gasteiger partial charge in [0, 0.05) is 0 Å². The third-order valence-corrected chi connectivity index (χ3v) is 7.29. The lowest BCUT2D eigenvalue weighted by molar-refractivity contribution is -0.151. The van der Waals surface area contributed by atoms with Crippen LogP contribution in [-0.4, -0.2) is 36.2 Å². The van der Waals surface area contributed by atoms with Gasteiger partial charge in [0.1, 0.15) is 11.5 Å². The van der Waals surface area contributed by atoms with Crippen molar-refractivity contribution in [2.75, 3.05) is 13.0 Å². The van der Waals surface area contributed by atoms with E-state index in [0.29, 0.717) is 17.9 Å². The lowest BCUT2D eigenvalue weighted by Crippen LogP contribution is -2.24. The van der Waals surface area contributed by atoms with E-state index in [0.717, 1.165) is 27.8 Å². The van der Waals surface area contributed by atoms with Crippen LogP contribution in [0.3, 0.4) is 0 Å². The number of rotatable bonds is 12. The maximum atomic E-state index is 13.3. The van der Waals surface area contributed by atoms with Gasteiger partial charge in [0.05, 0.1) is 12.7 Å². The highest BCUT2D eigenvalue weighted by Gasteiger charge is 2.33. The molecule has 0 amide bonds. The van der Waals surface area contributed by atoms with Gasteiger partial charge in [-0.15, -0.1) is 0 Å². The molecule has 2 atom stereocenters. The number of phenols is 1. The normalized spacial score (nSPS) is 14.1. The van der Waals surface area contributed by atoms with E-state index in [-0.39, 0.29) is 25.0 Å². The van der Waals surface area contributed by atoms with Crippen LogP contribution < -0.4 is 4.74 Å². The zero-order valence-corrected chi connectivity index (χ0v) is 23.0. The monoisotopic (exact) mass is 506 g/mol. The minimum atomic E-state index is -3.74. The van der Waals surface area contributed by atoms with Crippen molar-refractivity contribution in [3.8, 4) is 11.5 Å². The highest BCUT2D eigenvalue weighted by Crippen LogP contribution is 2.50. The molecule has 0 aliphatic carbocycles. The molecule has 0 aromatic heterocycles. The zero-order valence-electron chi connectivity index (χ0n) is 22.1. The van der Waals surface area contributed by atoms with Crippen LogP contribution in [0.25, 0.3) is 0 Å². The van der Waals surface area contributed by atoms with Gasteiger partial charge in [-0.25, -0.2) is 4.79 Å². The summed E-state index contributed by atoms with van der Waals surface area (Å²) in [5, 5.41) is 10.1. The highest BCUT2D eigenvalue weighted by atomic mass is 31.2. The first-order chi connectivity index (χ1) is 16.3. The van der Waals surface area contributed by atoms with Crippen LogP contribution in [0.5, 0.6) is 11.5 Å². The van der Waals surface area contributed by atoms with E-state index in [4.69, 9.17) is 18.5 Å². The number of carbonyl (C=O) groups is 1. The molecule has 35 heavy (non-hydrogen) atoms. The molecule has 1 N–H and O–H groups in total. The Morgan fingerprint density at radius 3 is 2.17 bits per heavy atom. The van der Waals surface area contributed by atoms with Crippen molar-refractivity contribution in [2.45, 2.75) is 79.9 Å². The van der Waals surface area contributed by atoms with Crippen molar-refractivity contribution < 1.29 is 33.0 Å². The number of phenolic OH excluding ortho intramolecular Hbond substituents is 1. The molecular weight excluding hydrogens is 467 g/mol. The average Bonchev–Trinajstić information content (AvgIpc) is 2.75. The Kier molecular flexibility index (Phi) is 10.4. The third-order valence-electron chi connectivity index (χ3n) is 5.46. The van der Waals surface area contributed by atoms with Crippen LogP contribution in [0.2, 0.25) is 0 Å². The number of esters is 1. The molecule has 0 aliphatic heterocycles. The molecule has 0 aliphatic rings. The van der Waals surface area contributed by atoms with E-state index < -0.39 is 19.7 Å². The molecule has 0 radical (unpaired) electrons. The molecule has 7 nitrogen and oxygen atoms in total. The summed E-state index contributed by atoms with van der Waals surface area (Å²) in [4.78, 5) is 12.0. The second kappa shape index (κ2) is 12.6. The van der Waals surface area contributed by atoms with Gasteiger partial charge < -0.3 is 19.1 Å². The first-order valence-corrected chi connectivity index (χ1v) is 13.7. The van der Waals surface area contributed by atoms with E-state index in [1.807, 2.05) is 38.1 Å². The third kappa shape index (κ3) is 8.38. The molecule has 0 heterocycles. The number of hydrogen-bond acceptors (Lipinski definition) is 7. The molecule has 0 spiro atoms. The maximum Gasteiger partial charge on any atom is 0.368 e. The molecular formula is C27H39O7P. The first kappa shape index (κ1) is 28.9. The second-order valence-corrected chi connectivity index (χ2v) is 11.2. The highest BCUT2D eigenvalue weighted by molar-refractivity contribution is 7.53. The summed E-state index contributed by atoms with van der Waals surface area (Å²) in [7, 11) is -3.74. The fourth-order valence-corrected chi connectivity index (χ4v) is 5.49. The summed E-state index contributed by atoms with van der Waals surface area (Å²) >= 11 is 0. The SMILES string of the molecule is CCOC(=O)[C@H](C)OP(=O)(COc1cc(C)c(Cc2ccc(O)c(C(C)C)c2)c(C)c1)OC(C)C. The van der Waals surface area contributed by atoms with Gasteiger partial charge in [-0.3, -0.25) is 9.09 Å². The molecule has 1 unspecified atom stereocenters. The summed E-state index contributed by atoms with van der Waals surface area (Å²) in [6, 6.07) is 9.51. The van der Waals surface area contributed by atoms with Crippen LogP contribution in [0.1, 0.15) is 75.3 Å². The Bertz CT molecular complexity index is 1040. The Balaban J connectivity index is 2.19. The quantitative estimate of drug-likeness (QED) is 0.255. The van der Waals surface area contributed by atoms with Crippen LogP contribution >= 0.6 is 7.60 Å². The Morgan fingerprint density at radius 1 is 1.00 bits per heavy atom. The number of carbonyl (C=O) groups excluding carboxylic acids is 1. The van der Waals surface area contributed by atoms with E-state index in [2.05, 4.69) is 13.8 Å². The number of ether oxygens (including phenoxy) is 2. The minimum absolute atomic E-state index is 0.201. The van der Waals surface area contributed by atoms with E-state index in [1.165, 1.54) is 6.92 Å². The van der Waals surface area contributed by atoms with Gasteiger partial charge in [-0.2, -0.15) is 0 Å². The van der Waals surface area contributed by atoms with E-state index >= 15 is 0 Å². The van der Waals surface area contributed by atoms with Crippen LogP contribution in [0.4, 0.5) is 0 Å². The lowest BCUT2D eigenvalue weighted by atomic mass is 9.93. The summed E-state index contributed by atoms with van der Waals surface area (Å²) in [5.41, 5.74) is 5.25. The van der Waals surface area contributed by atoms with Crippen LogP contribution in [0, 0.1) is 13.8 Å². The number of aryl methyl sites for hydroxylation is 2. The van der Waals surface area contributed by atoms with Crippen LogP contribution in [-0.2, 0) is 29.6 Å². The maximum absolute atomic E-state index is 13.3. The number of aromatic hydroxyl groups is 1. The van der Waals surface area contributed by atoms with Crippen molar-refractivity contribution in [3.05, 3.63) is 58.1 Å². The zero-order chi connectivity index (χ0) is 26.3. The largest absolute Gasteiger partial charge is 0.508 e. The molecule has 0 saturated carbocycles. The predicted octanol–water partition coefficient (Wildman–Crippen LogP) is 6.65. The first-order valence-electron chi connectivity index (χ1n) is 12.0. The molecule has 0 bridgehead atoms. The molecule has 2 rings (SSSR count). The van der Waals surface area contributed by atoms with Gasteiger partial charge in [0.2, 0.25) is 0 Å². The smallest absolute Gasteiger partial charge is 0.368 e. The fraction of sp³-hybridized carbons (Fsp3) is 0.519. The van der Waals surface area contributed by atoms with Crippen molar-refractivity contribution in [3.63, 3.8) is 0 Å². The Labute approximate surface area is 209 Å². The number of hydrogen-bond donors (Lipinski definition) is 1. The second-order valence-electron chi connectivity index (χ2n) is 9.30. The van der Waals surface area contributed by atoms with Gasteiger partial charge >= 0.3 is 13.6 Å². The predicted molar refractivity (Wildman–Crippen MR) is 137 cm³/mol. The van der Waals surface area contributed by atoms with Crippen molar-refractivity contribution >= 4 is 13.6 Å². The lowest BCUT2D eigenvalue weighted by Gasteiger charge is -2.24. The molecule has 8 heteroatoms. The van der Waals surface area contributed by atoms with Gasteiger partial charge in [0.15, 0.2) is 12.5 Å². The van der Waals surface area contributed by atoms with Crippen molar-refractivity contribution in [2.24, 2.45) is 0 Å². The minimum Gasteiger partial charge on any atom is -0.508 e. The Morgan fingerprint density at radius 2 is 1.63 bits per heavy atom. The topological polar surface area (TPSA) is 91.3 Å². The molecule has 0 saturated heterocycles. The fourth-order valence-electron chi connectivity index (χ4n) is 3.80. The van der Waals surface area contributed by atoms with Gasteiger partial charge in [0.25, 0.3) is 0 Å². The summed E-state index contributed by atoms with van der Waals surface area (Å²) < 4.78 is 35.1. The van der Waals surface area contributed by atoms with Crippen molar-refractivity contribution in [1.82, 2.24) is 0 Å². The Hall–Kier alpha value is -2.34. The van der Waals surface area contributed by atoms with Crippen molar-refractivity contribution in [1.29, 1.82) is 0 Å². The summed E-state index contributed by atoms with van der Waals surface area (Å²) in [5.74, 6) is 0.474. The summed E-state index contributed by atoms with van der Waals surface area (Å²) in [6.45, 7) is 15.0. The van der Waals surface area contributed by atoms with Gasteiger partial charge in [-0.1, -0.05) is 26.0 Å². The molecule has 0 fully saturated rings.